The van der Waals surface area contributed by atoms with E-state index in [1.54, 1.807) is 5.01 Å². The van der Waals surface area contributed by atoms with Crippen molar-refractivity contribution in [1.29, 1.82) is 0 Å². The van der Waals surface area contributed by atoms with Crippen LogP contribution in [-0.4, -0.2) is 22.6 Å². The van der Waals surface area contributed by atoms with Crippen LogP contribution in [0.25, 0.3) is 11.3 Å². The molecule has 5 nitrogen and oxygen atoms in total. The van der Waals surface area contributed by atoms with Gasteiger partial charge in [-0.05, 0) is 12.1 Å². The molecule has 3 rings (SSSR count). The Kier molecular flexibility index (Phi) is 2.64. The van der Waals surface area contributed by atoms with Crippen LogP contribution in [0.15, 0.2) is 47.6 Å². The fourth-order valence-electron chi connectivity index (χ4n) is 1.87. The van der Waals surface area contributed by atoms with Gasteiger partial charge in [-0.3, -0.25) is 0 Å². The van der Waals surface area contributed by atoms with E-state index in [0.717, 1.165) is 30.0 Å². The van der Waals surface area contributed by atoms with Gasteiger partial charge in [0.1, 0.15) is 5.84 Å². The number of hydrogen-bond acceptors (Lipinski definition) is 5. The van der Waals surface area contributed by atoms with Crippen LogP contribution in [0.1, 0.15) is 6.42 Å². The van der Waals surface area contributed by atoms with Gasteiger partial charge in [0.2, 0.25) is 0 Å². The van der Waals surface area contributed by atoms with E-state index in [1.807, 2.05) is 42.5 Å². The number of hydrogen-bond donors (Lipinski definition) is 1. The molecule has 1 aliphatic heterocycles. The van der Waals surface area contributed by atoms with Crippen molar-refractivity contribution in [2.75, 3.05) is 11.6 Å². The molecular weight excluding hydrogens is 226 g/mol. The molecule has 5 heteroatoms. The third kappa shape index (κ3) is 2.02. The highest BCUT2D eigenvalue weighted by Gasteiger charge is 2.14. The Labute approximate surface area is 105 Å². The van der Waals surface area contributed by atoms with E-state index in [4.69, 9.17) is 5.73 Å². The summed E-state index contributed by atoms with van der Waals surface area (Å²) >= 11 is 0. The first-order valence-corrected chi connectivity index (χ1v) is 5.82. The van der Waals surface area contributed by atoms with Crippen LogP contribution in [0, 0.1) is 0 Å². The molecule has 0 atom stereocenters. The summed E-state index contributed by atoms with van der Waals surface area (Å²) in [6.07, 6.45) is 0.780. The highest BCUT2D eigenvalue weighted by atomic mass is 15.5. The minimum Gasteiger partial charge on any atom is -0.386 e. The van der Waals surface area contributed by atoms with Crippen LogP contribution in [0.4, 0.5) is 5.82 Å². The maximum Gasteiger partial charge on any atom is 0.171 e. The first-order chi connectivity index (χ1) is 8.83. The predicted molar refractivity (Wildman–Crippen MR) is 71.1 cm³/mol. The number of anilines is 1. The normalized spacial score (nSPS) is 14.7. The van der Waals surface area contributed by atoms with Crippen molar-refractivity contribution in [3.8, 4) is 11.3 Å². The molecule has 0 saturated heterocycles. The molecule has 0 amide bonds. The molecule has 2 aromatic rings. The van der Waals surface area contributed by atoms with Gasteiger partial charge in [0.15, 0.2) is 5.82 Å². The minimum absolute atomic E-state index is 0.643. The molecule has 18 heavy (non-hydrogen) atoms. The van der Waals surface area contributed by atoms with Crippen LogP contribution >= 0.6 is 0 Å². The molecule has 0 bridgehead atoms. The van der Waals surface area contributed by atoms with Gasteiger partial charge < -0.3 is 5.73 Å². The molecule has 0 radical (unpaired) electrons. The van der Waals surface area contributed by atoms with Gasteiger partial charge >= 0.3 is 0 Å². The van der Waals surface area contributed by atoms with E-state index >= 15 is 0 Å². The van der Waals surface area contributed by atoms with Crippen LogP contribution in [-0.2, 0) is 0 Å². The number of benzene rings is 1. The third-order valence-electron chi connectivity index (χ3n) is 2.81. The molecule has 2 N–H and O–H groups in total. The SMILES string of the molecule is NC1=NN(c2ccc(-c3ccccc3)nn2)CC1. The van der Waals surface area contributed by atoms with E-state index in [-0.39, 0.29) is 0 Å². The molecule has 0 saturated carbocycles. The largest absolute Gasteiger partial charge is 0.386 e. The smallest absolute Gasteiger partial charge is 0.171 e. The Hall–Kier alpha value is -2.43. The summed E-state index contributed by atoms with van der Waals surface area (Å²) in [6, 6.07) is 13.8. The van der Waals surface area contributed by atoms with Gasteiger partial charge in [0, 0.05) is 12.0 Å². The lowest BCUT2D eigenvalue weighted by molar-refractivity contribution is 0.866. The lowest BCUT2D eigenvalue weighted by Gasteiger charge is -2.11. The number of amidine groups is 1. The number of aromatic nitrogens is 2. The second-order valence-corrected chi connectivity index (χ2v) is 4.11. The van der Waals surface area contributed by atoms with E-state index in [2.05, 4.69) is 15.3 Å². The highest BCUT2D eigenvalue weighted by molar-refractivity contribution is 5.83. The van der Waals surface area contributed by atoms with Crippen LogP contribution in [0.3, 0.4) is 0 Å². The zero-order chi connectivity index (χ0) is 12.4. The molecule has 90 valence electrons. The van der Waals surface area contributed by atoms with Gasteiger partial charge in [0.25, 0.3) is 0 Å². The summed E-state index contributed by atoms with van der Waals surface area (Å²) in [4.78, 5) is 0. The molecule has 0 unspecified atom stereocenters. The molecule has 0 spiro atoms. The number of hydrazone groups is 1. The summed E-state index contributed by atoms with van der Waals surface area (Å²) in [5, 5.41) is 14.4. The molecule has 0 aliphatic carbocycles. The Morgan fingerprint density at radius 1 is 1.00 bits per heavy atom. The molecule has 0 fully saturated rings. The van der Waals surface area contributed by atoms with Crippen molar-refractivity contribution in [3.05, 3.63) is 42.5 Å². The molecule has 1 aromatic heterocycles. The van der Waals surface area contributed by atoms with Crippen LogP contribution < -0.4 is 10.7 Å². The van der Waals surface area contributed by atoms with Gasteiger partial charge in [-0.2, -0.15) is 5.10 Å². The van der Waals surface area contributed by atoms with Crippen molar-refractivity contribution in [2.45, 2.75) is 6.42 Å². The molecule has 1 aromatic carbocycles. The van der Waals surface area contributed by atoms with E-state index in [9.17, 15) is 0 Å². The molecule has 1 aliphatic rings. The van der Waals surface area contributed by atoms with Crippen molar-refractivity contribution in [1.82, 2.24) is 10.2 Å². The van der Waals surface area contributed by atoms with Crippen molar-refractivity contribution in [3.63, 3.8) is 0 Å². The highest BCUT2D eigenvalue weighted by Crippen LogP contribution is 2.19. The third-order valence-corrected chi connectivity index (χ3v) is 2.81. The maximum absolute atomic E-state index is 5.64. The summed E-state index contributed by atoms with van der Waals surface area (Å²) < 4.78 is 0. The van der Waals surface area contributed by atoms with Crippen molar-refractivity contribution in [2.24, 2.45) is 10.8 Å². The first-order valence-electron chi connectivity index (χ1n) is 5.82. The Balaban J connectivity index is 1.86. The summed E-state index contributed by atoms with van der Waals surface area (Å²) in [6.45, 7) is 0.769. The average Bonchev–Trinajstić information content (AvgIpc) is 2.87. The van der Waals surface area contributed by atoms with Crippen LogP contribution in [0.2, 0.25) is 0 Å². The molecule has 2 heterocycles. The lowest BCUT2D eigenvalue weighted by atomic mass is 10.1. The second kappa shape index (κ2) is 4.44. The maximum atomic E-state index is 5.64. The van der Waals surface area contributed by atoms with Crippen molar-refractivity contribution < 1.29 is 0 Å². The Morgan fingerprint density at radius 3 is 2.44 bits per heavy atom. The average molecular weight is 239 g/mol. The summed E-state index contributed by atoms with van der Waals surface area (Å²) in [5.41, 5.74) is 7.56. The summed E-state index contributed by atoms with van der Waals surface area (Å²) in [5.74, 6) is 1.37. The number of rotatable bonds is 2. The Bertz CT molecular complexity index is 562. The minimum atomic E-state index is 0.643. The van der Waals surface area contributed by atoms with Crippen molar-refractivity contribution >= 4 is 11.7 Å². The van der Waals surface area contributed by atoms with E-state index in [0.29, 0.717) is 5.84 Å². The topological polar surface area (TPSA) is 67.4 Å². The first kappa shape index (κ1) is 10.7. The van der Waals surface area contributed by atoms with Gasteiger partial charge in [-0.1, -0.05) is 30.3 Å². The number of nitrogens with zero attached hydrogens (tertiary/aromatic N) is 4. The monoisotopic (exact) mass is 239 g/mol. The van der Waals surface area contributed by atoms with E-state index < -0.39 is 0 Å². The second-order valence-electron chi connectivity index (χ2n) is 4.11. The standard InChI is InChI=1S/C13H13N5/c14-12-8-9-18(17-12)13-7-6-11(15-16-13)10-4-2-1-3-5-10/h1-7H,8-9H2,(H2,14,17). The zero-order valence-electron chi connectivity index (χ0n) is 9.82. The zero-order valence-corrected chi connectivity index (χ0v) is 9.82. The Morgan fingerprint density at radius 2 is 1.83 bits per heavy atom. The molecular formula is C13H13N5. The van der Waals surface area contributed by atoms with Gasteiger partial charge in [-0.15, -0.1) is 10.2 Å². The predicted octanol–water partition coefficient (Wildman–Crippen LogP) is 1.63. The van der Waals surface area contributed by atoms with Gasteiger partial charge in [-0.25, -0.2) is 5.01 Å². The van der Waals surface area contributed by atoms with Crippen LogP contribution in [0.5, 0.6) is 0 Å². The van der Waals surface area contributed by atoms with E-state index in [1.165, 1.54) is 0 Å². The fourth-order valence-corrected chi connectivity index (χ4v) is 1.87. The van der Waals surface area contributed by atoms with Gasteiger partial charge in [0.05, 0.1) is 12.2 Å². The lowest BCUT2D eigenvalue weighted by Crippen LogP contribution is -2.13. The summed E-state index contributed by atoms with van der Waals surface area (Å²) in [7, 11) is 0. The fraction of sp³-hybridized carbons (Fsp3) is 0.154. The quantitative estimate of drug-likeness (QED) is 0.864. The number of nitrogens with two attached hydrogens (primary N) is 1.